The van der Waals surface area contributed by atoms with Gasteiger partial charge < -0.3 is 60.6 Å². The number of rotatable bonds is 28. The molecule has 0 saturated carbocycles. The van der Waals surface area contributed by atoms with Crippen LogP contribution in [0.4, 0.5) is 18.4 Å². The van der Waals surface area contributed by atoms with E-state index in [9.17, 15) is 56.7 Å². The van der Waals surface area contributed by atoms with E-state index in [1.165, 1.54) is 54.4 Å². The molecule has 24 heteroatoms. The lowest BCUT2D eigenvalue weighted by Crippen LogP contribution is -2.42. The second-order valence-corrected chi connectivity index (χ2v) is 22.9. The van der Waals surface area contributed by atoms with E-state index in [0.717, 1.165) is 22.3 Å². The molecule has 2 aliphatic rings. The van der Waals surface area contributed by atoms with Gasteiger partial charge in [0.15, 0.2) is 0 Å². The van der Waals surface area contributed by atoms with Gasteiger partial charge in [-0.3, -0.25) is 28.8 Å². The molecule has 0 saturated heterocycles. The zero-order valence-electron chi connectivity index (χ0n) is 52.8. The Morgan fingerprint density at radius 2 is 0.740 bits per heavy atom. The smallest absolute Gasteiger partial charge is 0.408 e. The number of carbonyl (C=O) groups is 10. The minimum absolute atomic E-state index is 0.00607. The van der Waals surface area contributed by atoms with E-state index < -0.39 is 83.3 Å². The lowest BCUT2D eigenvalue weighted by molar-refractivity contribution is -0.144. The largest absolute Gasteiger partial charge is 0.467 e. The Morgan fingerprint density at radius 3 is 1.07 bits per heavy atom. The minimum Gasteiger partial charge on any atom is -0.467 e. The van der Waals surface area contributed by atoms with Crippen molar-refractivity contribution >= 4 is 59.6 Å². The lowest BCUT2D eigenvalue weighted by Gasteiger charge is -2.18. The van der Waals surface area contributed by atoms with Crippen LogP contribution in [0.3, 0.4) is 0 Å². The van der Waals surface area contributed by atoms with Crippen LogP contribution in [0.1, 0.15) is 132 Å². The van der Waals surface area contributed by atoms with Crippen molar-refractivity contribution in [2.45, 2.75) is 90.0 Å². The highest BCUT2D eigenvalue weighted by Crippen LogP contribution is 2.31. The first-order chi connectivity index (χ1) is 46.4. The molecular formula is C72H72F2N8O14. The number of nitrogens with zero attached hydrogens (tertiary/aromatic N) is 2. The Labute approximate surface area is 552 Å². The Morgan fingerprint density at radius 1 is 0.406 bits per heavy atom. The van der Waals surface area contributed by atoms with Crippen LogP contribution in [-0.4, -0.2) is 122 Å². The number of amides is 8. The van der Waals surface area contributed by atoms with Gasteiger partial charge in [-0.1, -0.05) is 91.0 Å². The second-order valence-electron chi connectivity index (χ2n) is 22.9. The highest BCUT2D eigenvalue weighted by atomic mass is 19.1. The molecule has 0 fully saturated rings. The Bertz CT molecular complexity index is 3740. The number of hydrogen-bond donors (Lipinski definition) is 6. The first-order valence-corrected chi connectivity index (χ1v) is 31.2. The van der Waals surface area contributed by atoms with Crippen molar-refractivity contribution in [3.05, 3.63) is 247 Å². The predicted molar refractivity (Wildman–Crippen MR) is 346 cm³/mol. The summed E-state index contributed by atoms with van der Waals surface area (Å²) < 4.78 is 47.7. The third-order valence-electron chi connectivity index (χ3n) is 16.2. The maximum atomic E-state index is 14.5. The fraction of sp³-hybridized carbons (Fsp3) is 0.278. The summed E-state index contributed by atoms with van der Waals surface area (Å²) in [6.07, 6.45) is -0.495. The number of ether oxygens (including phenoxy) is 4. The first kappa shape index (κ1) is 69.1. The number of esters is 2. The second kappa shape index (κ2) is 33.5. The highest BCUT2D eigenvalue weighted by molar-refractivity contribution is 6.09. The molecule has 22 nitrogen and oxygen atoms in total. The van der Waals surface area contributed by atoms with Crippen molar-refractivity contribution in [3.8, 4) is 0 Å². The van der Waals surface area contributed by atoms with E-state index >= 15 is 0 Å². The third kappa shape index (κ3) is 18.9. The molecule has 0 bridgehead atoms. The number of hydrogen-bond acceptors (Lipinski definition) is 14. The van der Waals surface area contributed by atoms with Crippen molar-refractivity contribution in [1.29, 1.82) is 0 Å². The summed E-state index contributed by atoms with van der Waals surface area (Å²) in [5, 5.41) is 16.3. The Hall–Kier alpha value is -11.3. The van der Waals surface area contributed by atoms with Crippen LogP contribution < -0.4 is 31.9 Å². The van der Waals surface area contributed by atoms with Gasteiger partial charge in [0.2, 0.25) is 0 Å². The van der Waals surface area contributed by atoms with Crippen molar-refractivity contribution in [2.75, 3.05) is 40.4 Å². The molecule has 498 valence electrons. The summed E-state index contributed by atoms with van der Waals surface area (Å²) in [4.78, 5) is 139. The van der Waals surface area contributed by atoms with Gasteiger partial charge in [-0.25, -0.2) is 28.0 Å². The third-order valence-corrected chi connectivity index (χ3v) is 16.2. The van der Waals surface area contributed by atoms with Crippen molar-refractivity contribution in [2.24, 2.45) is 0 Å². The van der Waals surface area contributed by atoms with E-state index in [1.54, 1.807) is 115 Å². The standard InChI is InChI=1S/C72H72F2N8O14/c1-93-69(89)61(79-71(91)95-43-47-12-5-3-6-13-47)18-10-30-75-63(83)57-35-51-39-81(41-53(51)37-59(57)65(85)77-32-28-45-20-24-55(73)25-21-45)67(87)49-16-9-17-50(34-49)68(88)82-40-52-36-58(60(38-54(52)42-82)66(86)78-33-29-46-22-26-56(74)27-23-46)64(84)76-31-11-19-62(70(90)94-2)80-72(92)96-44-48-14-7-4-8-15-48/h3-9,12-17,20-27,34-38,61-62H,10-11,18-19,28-33,39-44H2,1-2H3,(H,75,83)(H,76,84)(H,77,85)(H,78,86)(H,79,91)(H,80,92)/t61-,62-/m0/s1. The number of alkyl carbamates (subject to hydrolysis) is 2. The quantitative estimate of drug-likeness (QED) is 0.0153. The molecule has 0 unspecified atom stereocenters. The summed E-state index contributed by atoms with van der Waals surface area (Å²) in [6.45, 7) is 0.371. The van der Waals surface area contributed by atoms with Crippen LogP contribution in [0, 0.1) is 11.6 Å². The van der Waals surface area contributed by atoms with Gasteiger partial charge in [0.05, 0.1) is 36.5 Å². The predicted octanol–water partition coefficient (Wildman–Crippen LogP) is 8.18. The van der Waals surface area contributed by atoms with Crippen molar-refractivity contribution in [1.82, 2.24) is 41.7 Å². The number of benzene rings is 7. The molecule has 2 aliphatic heterocycles. The molecule has 96 heavy (non-hydrogen) atoms. The Balaban J connectivity index is 0.855. The van der Waals surface area contributed by atoms with Crippen LogP contribution in [-0.2, 0) is 80.8 Å². The number of halogens is 2. The molecular weight excluding hydrogens is 1240 g/mol. The molecule has 2 atom stereocenters. The fourth-order valence-corrected chi connectivity index (χ4v) is 11.0. The fourth-order valence-electron chi connectivity index (χ4n) is 11.0. The van der Waals surface area contributed by atoms with Gasteiger partial charge in [-0.05, 0) is 150 Å². The van der Waals surface area contributed by atoms with Gasteiger partial charge >= 0.3 is 24.1 Å². The Kier molecular flexibility index (Phi) is 24.1. The van der Waals surface area contributed by atoms with Crippen molar-refractivity contribution in [3.63, 3.8) is 0 Å². The highest BCUT2D eigenvalue weighted by Gasteiger charge is 2.33. The normalized spacial score (nSPS) is 12.6. The lowest BCUT2D eigenvalue weighted by atomic mass is 9.98. The number of nitrogens with one attached hydrogen (secondary N) is 6. The van der Waals surface area contributed by atoms with Crippen LogP contribution >= 0.6 is 0 Å². The summed E-state index contributed by atoms with van der Waals surface area (Å²) in [5.41, 5.74) is 5.72. The minimum atomic E-state index is -1.10. The molecule has 2 heterocycles. The summed E-state index contributed by atoms with van der Waals surface area (Å²) in [6, 6.07) is 39.7. The van der Waals surface area contributed by atoms with Gasteiger partial charge in [0.25, 0.3) is 35.4 Å². The van der Waals surface area contributed by atoms with Crippen LogP contribution in [0.15, 0.2) is 158 Å². The molecule has 6 N–H and O–H groups in total. The number of methoxy groups -OCH3 is 2. The zero-order valence-corrected chi connectivity index (χ0v) is 52.8. The van der Waals surface area contributed by atoms with Crippen LogP contribution in [0.5, 0.6) is 0 Å². The summed E-state index contributed by atoms with van der Waals surface area (Å²) in [7, 11) is 2.36. The van der Waals surface area contributed by atoms with Gasteiger partial charge in [-0.2, -0.15) is 0 Å². The van der Waals surface area contributed by atoms with Gasteiger partial charge in [0, 0.05) is 63.5 Å². The molecule has 8 amide bonds. The molecule has 9 rings (SSSR count). The molecule has 7 aromatic carbocycles. The van der Waals surface area contributed by atoms with Crippen LogP contribution in [0.2, 0.25) is 0 Å². The molecule has 0 spiro atoms. The van der Waals surface area contributed by atoms with Gasteiger partial charge in [-0.15, -0.1) is 0 Å². The summed E-state index contributed by atoms with van der Waals surface area (Å²) >= 11 is 0. The van der Waals surface area contributed by atoms with E-state index in [4.69, 9.17) is 18.9 Å². The zero-order chi connectivity index (χ0) is 68.1. The summed E-state index contributed by atoms with van der Waals surface area (Å²) in [5.74, 6) is -5.60. The topological polar surface area (TPSA) is 286 Å². The average Bonchev–Trinajstić information content (AvgIpc) is 1.57. The monoisotopic (exact) mass is 1310 g/mol. The van der Waals surface area contributed by atoms with Crippen LogP contribution in [0.25, 0.3) is 0 Å². The maximum absolute atomic E-state index is 14.5. The van der Waals surface area contributed by atoms with Gasteiger partial charge in [0.1, 0.15) is 36.9 Å². The molecule has 0 radical (unpaired) electrons. The van der Waals surface area contributed by atoms with Crippen molar-refractivity contribution < 1.29 is 75.7 Å². The number of fused-ring (bicyclic) bond motifs is 2. The van der Waals surface area contributed by atoms with E-state index in [0.29, 0.717) is 35.1 Å². The van der Waals surface area contributed by atoms with E-state index in [1.807, 2.05) is 12.1 Å². The molecule has 7 aromatic rings. The van der Waals surface area contributed by atoms with E-state index in [-0.39, 0.29) is 125 Å². The number of carbonyl (C=O) groups excluding carboxylic acids is 10. The van der Waals surface area contributed by atoms with E-state index in [2.05, 4.69) is 31.9 Å². The maximum Gasteiger partial charge on any atom is 0.408 e. The molecule has 0 aromatic heterocycles. The SMILES string of the molecule is COC(=O)[C@H](CCCNC(=O)c1cc2c(cc1C(=O)NCCc1ccc(F)cc1)CN(C(=O)c1cccc(C(=O)N3Cc4cc(C(=O)NCCC[C@H](NC(=O)OCc5ccccc5)C(=O)OC)c(C(=O)NCCc5ccc(F)cc5)cc4C3)c1)C2)NC(=O)OCc1ccccc1. The average molecular weight is 1310 g/mol. The molecule has 0 aliphatic carbocycles. The first-order valence-electron chi connectivity index (χ1n) is 31.2.